The molecule has 4 rings (SSSR count). The van der Waals surface area contributed by atoms with E-state index in [0.717, 1.165) is 19.4 Å². The summed E-state index contributed by atoms with van der Waals surface area (Å²) in [6, 6.07) is 13.7. The second kappa shape index (κ2) is 8.32. The quantitative estimate of drug-likeness (QED) is 0.664. The van der Waals surface area contributed by atoms with Crippen LogP contribution in [0.25, 0.3) is 10.9 Å². The third-order valence-electron chi connectivity index (χ3n) is 4.78. The number of nitrogens with one attached hydrogen (secondary N) is 2. The van der Waals surface area contributed by atoms with Crippen molar-refractivity contribution in [1.29, 1.82) is 0 Å². The minimum Gasteiger partial charge on any atom is -0.491 e. The third-order valence-corrected chi connectivity index (χ3v) is 4.78. The Kier molecular flexibility index (Phi) is 5.44. The number of amides is 1. The van der Waals surface area contributed by atoms with Crippen LogP contribution in [0, 0.1) is 0 Å². The van der Waals surface area contributed by atoms with Crippen molar-refractivity contribution in [2.24, 2.45) is 0 Å². The minimum atomic E-state index is -0.627. The average Bonchev–Trinajstić information content (AvgIpc) is 3.24. The zero-order chi connectivity index (χ0) is 20.2. The van der Waals surface area contributed by atoms with E-state index in [9.17, 15) is 14.4 Å². The first kappa shape index (κ1) is 18.9. The van der Waals surface area contributed by atoms with Crippen LogP contribution in [0.5, 0.6) is 5.75 Å². The topological polar surface area (TPSA) is 102 Å². The normalized spacial score (nSPS) is 16.1. The summed E-state index contributed by atoms with van der Waals surface area (Å²) in [7, 11) is 0. The summed E-state index contributed by atoms with van der Waals surface area (Å²) in [4.78, 5) is 38.9. The molecule has 2 heterocycles. The molecule has 150 valence electrons. The molecular weight excluding hydrogens is 374 g/mol. The largest absolute Gasteiger partial charge is 0.491 e. The maximum absolute atomic E-state index is 12.5. The van der Waals surface area contributed by atoms with Crippen molar-refractivity contribution in [1.82, 2.24) is 9.55 Å². The lowest BCUT2D eigenvalue weighted by atomic mass is 10.2. The van der Waals surface area contributed by atoms with Crippen LogP contribution in [-0.4, -0.2) is 34.8 Å². The number of hydrogen-bond acceptors (Lipinski definition) is 5. The molecule has 0 bridgehead atoms. The lowest BCUT2D eigenvalue weighted by Crippen LogP contribution is -2.34. The molecule has 3 aromatic rings. The van der Waals surface area contributed by atoms with Gasteiger partial charge < -0.3 is 14.8 Å². The van der Waals surface area contributed by atoms with Gasteiger partial charge in [0.2, 0.25) is 5.91 Å². The highest BCUT2D eigenvalue weighted by molar-refractivity contribution is 5.91. The number of rotatable bonds is 6. The highest BCUT2D eigenvalue weighted by Gasteiger charge is 2.16. The van der Waals surface area contributed by atoms with Crippen LogP contribution in [-0.2, 0) is 16.1 Å². The fourth-order valence-electron chi connectivity index (χ4n) is 3.37. The van der Waals surface area contributed by atoms with E-state index in [1.807, 2.05) is 6.07 Å². The predicted octanol–water partition coefficient (Wildman–Crippen LogP) is 1.89. The van der Waals surface area contributed by atoms with Gasteiger partial charge in [0.05, 0.1) is 17.0 Å². The number of H-pyrrole nitrogens is 1. The van der Waals surface area contributed by atoms with Crippen molar-refractivity contribution >= 4 is 22.5 Å². The number of aromatic nitrogens is 2. The first-order valence-corrected chi connectivity index (χ1v) is 9.46. The fourth-order valence-corrected chi connectivity index (χ4v) is 3.37. The van der Waals surface area contributed by atoms with Gasteiger partial charge in [0, 0.05) is 18.4 Å². The first-order valence-electron chi connectivity index (χ1n) is 9.46. The summed E-state index contributed by atoms with van der Waals surface area (Å²) in [6.07, 6.45) is 2.13. The smallest absolute Gasteiger partial charge is 0.329 e. The number of benzene rings is 2. The number of ether oxygens (including phenoxy) is 2. The van der Waals surface area contributed by atoms with Gasteiger partial charge in [-0.1, -0.05) is 18.2 Å². The van der Waals surface area contributed by atoms with Gasteiger partial charge in [-0.2, -0.15) is 0 Å². The monoisotopic (exact) mass is 395 g/mol. The van der Waals surface area contributed by atoms with Gasteiger partial charge in [0.1, 0.15) is 18.9 Å². The Morgan fingerprint density at radius 2 is 2.07 bits per heavy atom. The molecule has 8 heteroatoms. The molecule has 1 aliphatic rings. The Bertz CT molecular complexity index is 1140. The molecule has 0 aliphatic carbocycles. The molecule has 1 aliphatic heterocycles. The Hall–Kier alpha value is -3.39. The Morgan fingerprint density at radius 3 is 2.90 bits per heavy atom. The second-order valence-electron chi connectivity index (χ2n) is 6.88. The molecule has 2 aromatic carbocycles. The highest BCUT2D eigenvalue weighted by atomic mass is 16.5. The maximum atomic E-state index is 12.5. The van der Waals surface area contributed by atoms with E-state index in [0.29, 0.717) is 28.9 Å². The van der Waals surface area contributed by atoms with E-state index < -0.39 is 11.2 Å². The number of para-hydroxylation sites is 1. The molecule has 2 N–H and O–H groups in total. The van der Waals surface area contributed by atoms with Crippen molar-refractivity contribution in [3.63, 3.8) is 0 Å². The summed E-state index contributed by atoms with van der Waals surface area (Å²) in [5.74, 6) is 0.241. The number of nitrogens with zero attached hydrogens (tertiary/aromatic N) is 1. The molecule has 8 nitrogen and oxygen atoms in total. The Morgan fingerprint density at radius 1 is 1.21 bits per heavy atom. The van der Waals surface area contributed by atoms with Gasteiger partial charge >= 0.3 is 5.69 Å². The van der Waals surface area contributed by atoms with E-state index in [1.54, 1.807) is 42.5 Å². The molecule has 0 radical (unpaired) electrons. The summed E-state index contributed by atoms with van der Waals surface area (Å²) >= 11 is 0. The molecule has 0 saturated carbocycles. The van der Waals surface area contributed by atoms with E-state index in [4.69, 9.17) is 9.47 Å². The molecule has 29 heavy (non-hydrogen) atoms. The van der Waals surface area contributed by atoms with Crippen LogP contribution in [0.4, 0.5) is 5.69 Å². The number of carbonyl (C=O) groups excluding carboxylic acids is 1. The summed E-state index contributed by atoms with van der Waals surface area (Å²) in [6.45, 7) is 1.01. The third kappa shape index (κ3) is 4.38. The lowest BCUT2D eigenvalue weighted by Gasteiger charge is -2.13. The van der Waals surface area contributed by atoms with Gasteiger partial charge in [0.25, 0.3) is 5.56 Å². The van der Waals surface area contributed by atoms with Gasteiger partial charge in [-0.25, -0.2) is 4.79 Å². The standard InChI is InChI=1S/C21H21N3O5/c25-19(12-24-18-9-2-1-8-17(18)20(26)23-21(24)27)22-14-5-3-6-15(11-14)29-13-16-7-4-10-28-16/h1-3,5-6,8-9,11,16H,4,7,10,12-13H2,(H,22,25)(H,23,26,27). The van der Waals surface area contributed by atoms with Gasteiger partial charge in [0.15, 0.2) is 0 Å². The Balaban J connectivity index is 1.46. The SMILES string of the molecule is O=C(Cn1c(=O)[nH]c(=O)c2ccccc21)Nc1cccc(OCC2CCCO2)c1. The van der Waals surface area contributed by atoms with Crippen LogP contribution >= 0.6 is 0 Å². The number of carbonyl (C=O) groups is 1. The van der Waals surface area contributed by atoms with Crippen LogP contribution < -0.4 is 21.3 Å². The minimum absolute atomic E-state index is 0.105. The maximum Gasteiger partial charge on any atom is 0.329 e. The van der Waals surface area contributed by atoms with E-state index in [-0.39, 0.29) is 18.6 Å². The summed E-state index contributed by atoms with van der Waals surface area (Å²) < 4.78 is 12.5. The van der Waals surface area contributed by atoms with E-state index >= 15 is 0 Å². The first-order chi connectivity index (χ1) is 14.1. The van der Waals surface area contributed by atoms with Crippen molar-refractivity contribution in [2.45, 2.75) is 25.5 Å². The molecule has 1 atom stereocenters. The van der Waals surface area contributed by atoms with Crippen molar-refractivity contribution < 1.29 is 14.3 Å². The zero-order valence-corrected chi connectivity index (χ0v) is 15.7. The van der Waals surface area contributed by atoms with Crippen LogP contribution in [0.1, 0.15) is 12.8 Å². The number of aromatic amines is 1. The number of fused-ring (bicyclic) bond motifs is 1. The van der Waals surface area contributed by atoms with Crippen molar-refractivity contribution in [2.75, 3.05) is 18.5 Å². The second-order valence-corrected chi connectivity index (χ2v) is 6.88. The van der Waals surface area contributed by atoms with E-state index in [1.165, 1.54) is 4.57 Å². The molecular formula is C21H21N3O5. The van der Waals surface area contributed by atoms with E-state index in [2.05, 4.69) is 10.3 Å². The van der Waals surface area contributed by atoms with Crippen LogP contribution in [0.2, 0.25) is 0 Å². The van der Waals surface area contributed by atoms with Crippen LogP contribution in [0.3, 0.4) is 0 Å². The van der Waals surface area contributed by atoms with Gasteiger partial charge in [-0.3, -0.25) is 19.1 Å². The van der Waals surface area contributed by atoms with Crippen LogP contribution in [0.15, 0.2) is 58.1 Å². The fraction of sp³-hybridized carbons (Fsp3) is 0.286. The average molecular weight is 395 g/mol. The molecule has 1 unspecified atom stereocenters. The summed E-state index contributed by atoms with van der Waals surface area (Å²) in [5, 5.41) is 3.11. The molecule has 1 saturated heterocycles. The van der Waals surface area contributed by atoms with Gasteiger partial charge in [-0.05, 0) is 37.1 Å². The highest BCUT2D eigenvalue weighted by Crippen LogP contribution is 2.20. The zero-order valence-electron chi connectivity index (χ0n) is 15.7. The van der Waals surface area contributed by atoms with Crippen molar-refractivity contribution in [3.05, 3.63) is 69.4 Å². The number of anilines is 1. The van der Waals surface area contributed by atoms with Crippen molar-refractivity contribution in [3.8, 4) is 5.75 Å². The molecule has 1 amide bonds. The predicted molar refractivity (Wildman–Crippen MR) is 108 cm³/mol. The Labute approximate surface area is 166 Å². The summed E-state index contributed by atoms with van der Waals surface area (Å²) in [5.41, 5.74) is -0.137. The molecule has 1 aromatic heterocycles. The number of hydrogen-bond donors (Lipinski definition) is 2. The molecule has 1 fully saturated rings. The van der Waals surface area contributed by atoms with Gasteiger partial charge in [-0.15, -0.1) is 0 Å². The lowest BCUT2D eigenvalue weighted by molar-refractivity contribution is -0.116. The molecule has 0 spiro atoms.